The maximum atomic E-state index is 12.2. The van der Waals surface area contributed by atoms with Crippen LogP contribution in [0.25, 0.3) is 11.6 Å². The number of nitrogens with one attached hydrogen (secondary N) is 1. The van der Waals surface area contributed by atoms with Crippen LogP contribution in [0.1, 0.15) is 11.1 Å². The van der Waals surface area contributed by atoms with Crippen molar-refractivity contribution in [2.75, 3.05) is 36.4 Å². The first-order valence-electron chi connectivity index (χ1n) is 9.04. The van der Waals surface area contributed by atoms with Crippen molar-refractivity contribution in [3.05, 3.63) is 72.3 Å². The molecule has 0 unspecified atom stereocenters. The van der Waals surface area contributed by atoms with Gasteiger partial charge in [-0.2, -0.15) is 0 Å². The molecule has 0 aromatic heterocycles. The second kappa shape index (κ2) is 7.11. The monoisotopic (exact) mass is 359 g/mol. The molecule has 0 atom stereocenters. The molecule has 1 N–H and O–H groups in total. The first-order valence-corrected chi connectivity index (χ1v) is 9.04. The van der Waals surface area contributed by atoms with Gasteiger partial charge in [-0.3, -0.25) is 9.59 Å². The zero-order valence-electron chi connectivity index (χ0n) is 15.0. The number of nitrogens with zero attached hydrogens (tertiary/aromatic N) is 2. The summed E-state index contributed by atoms with van der Waals surface area (Å²) in [6, 6.07) is 15.9. The van der Waals surface area contributed by atoms with Gasteiger partial charge in [0, 0.05) is 48.7 Å². The molecule has 5 heteroatoms. The van der Waals surface area contributed by atoms with Crippen molar-refractivity contribution in [1.82, 2.24) is 4.90 Å². The van der Waals surface area contributed by atoms with Gasteiger partial charge in [0.25, 0.3) is 5.91 Å². The van der Waals surface area contributed by atoms with Gasteiger partial charge in [-0.1, -0.05) is 36.9 Å². The van der Waals surface area contributed by atoms with E-state index in [0.29, 0.717) is 18.7 Å². The van der Waals surface area contributed by atoms with Crippen LogP contribution >= 0.6 is 0 Å². The Balaban J connectivity index is 1.48. The SMILES string of the molecule is C=CC(=O)N1CCN(c2ccc(/C=C3/C(=O)Nc4ccccc43)cc2)CC1. The Kier molecular flexibility index (Phi) is 4.50. The summed E-state index contributed by atoms with van der Waals surface area (Å²) in [5.41, 5.74) is 4.60. The lowest BCUT2D eigenvalue weighted by Gasteiger charge is -2.35. The van der Waals surface area contributed by atoms with Crippen LogP contribution in [0.5, 0.6) is 0 Å². The van der Waals surface area contributed by atoms with Crippen LogP contribution in [0.15, 0.2) is 61.2 Å². The van der Waals surface area contributed by atoms with E-state index >= 15 is 0 Å². The molecule has 5 nitrogen and oxygen atoms in total. The summed E-state index contributed by atoms with van der Waals surface area (Å²) in [5.74, 6) is -0.0740. The second-order valence-corrected chi connectivity index (χ2v) is 6.67. The summed E-state index contributed by atoms with van der Waals surface area (Å²) < 4.78 is 0. The van der Waals surface area contributed by atoms with Crippen LogP contribution < -0.4 is 10.2 Å². The molecule has 0 bridgehead atoms. The molecule has 0 radical (unpaired) electrons. The van der Waals surface area contributed by atoms with Crippen LogP contribution in [0.2, 0.25) is 0 Å². The van der Waals surface area contributed by atoms with E-state index < -0.39 is 0 Å². The predicted molar refractivity (Wildman–Crippen MR) is 108 cm³/mol. The predicted octanol–water partition coefficient (Wildman–Crippen LogP) is 3.01. The van der Waals surface area contributed by atoms with Crippen LogP contribution in [-0.2, 0) is 9.59 Å². The lowest BCUT2D eigenvalue weighted by Crippen LogP contribution is -2.48. The summed E-state index contributed by atoms with van der Waals surface area (Å²) in [6.45, 7) is 6.55. The van der Waals surface area contributed by atoms with Crippen molar-refractivity contribution < 1.29 is 9.59 Å². The summed E-state index contributed by atoms with van der Waals surface area (Å²) in [4.78, 5) is 28.0. The summed E-state index contributed by atoms with van der Waals surface area (Å²) in [7, 11) is 0. The highest BCUT2D eigenvalue weighted by atomic mass is 16.2. The highest BCUT2D eigenvalue weighted by molar-refractivity contribution is 6.34. The molecular weight excluding hydrogens is 338 g/mol. The summed E-state index contributed by atoms with van der Waals surface area (Å²) in [5, 5.41) is 2.89. The van der Waals surface area contributed by atoms with Crippen LogP contribution in [0.3, 0.4) is 0 Å². The van der Waals surface area contributed by atoms with Gasteiger partial charge in [0.15, 0.2) is 0 Å². The fraction of sp³-hybridized carbons (Fsp3) is 0.182. The molecule has 2 aliphatic rings. The molecule has 27 heavy (non-hydrogen) atoms. The molecule has 0 saturated carbocycles. The number of carbonyl (C=O) groups excluding carboxylic acids is 2. The van der Waals surface area contributed by atoms with Gasteiger partial charge in [-0.05, 0) is 35.9 Å². The summed E-state index contributed by atoms with van der Waals surface area (Å²) in [6.07, 6.45) is 3.29. The average molecular weight is 359 g/mol. The molecule has 0 spiro atoms. The number of piperazine rings is 1. The Morgan fingerprint density at radius 3 is 2.41 bits per heavy atom. The maximum absolute atomic E-state index is 12.2. The van der Waals surface area contributed by atoms with Gasteiger partial charge in [0.05, 0.1) is 0 Å². The molecule has 2 aromatic carbocycles. The number of para-hydroxylation sites is 1. The molecule has 2 aliphatic heterocycles. The highest BCUT2D eigenvalue weighted by Gasteiger charge is 2.23. The number of hydrogen-bond donors (Lipinski definition) is 1. The lowest BCUT2D eigenvalue weighted by molar-refractivity contribution is -0.126. The standard InChI is InChI=1S/C22H21N3O2/c1-2-21(26)25-13-11-24(12-14-25)17-9-7-16(8-10-17)15-19-18-5-3-4-6-20(18)23-22(19)27/h2-10,15H,1,11-14H2,(H,23,27)/b19-15+. The third kappa shape index (κ3) is 3.36. The van der Waals surface area contributed by atoms with Gasteiger partial charge in [-0.25, -0.2) is 0 Å². The van der Waals surface area contributed by atoms with Crippen molar-refractivity contribution in [2.24, 2.45) is 0 Å². The molecule has 1 fully saturated rings. The average Bonchev–Trinajstić information content (AvgIpc) is 3.03. The number of benzene rings is 2. The zero-order chi connectivity index (χ0) is 18.8. The quantitative estimate of drug-likeness (QED) is 0.857. The minimum atomic E-state index is -0.0664. The van der Waals surface area contributed by atoms with Crippen LogP contribution in [0, 0.1) is 0 Å². The number of amides is 2. The minimum absolute atomic E-state index is 0.00764. The fourth-order valence-corrected chi connectivity index (χ4v) is 3.54. The van der Waals surface area contributed by atoms with Gasteiger partial charge < -0.3 is 15.1 Å². The maximum Gasteiger partial charge on any atom is 0.256 e. The highest BCUT2D eigenvalue weighted by Crippen LogP contribution is 2.32. The van der Waals surface area contributed by atoms with Crippen molar-refractivity contribution in [3.63, 3.8) is 0 Å². The smallest absolute Gasteiger partial charge is 0.256 e. The van der Waals surface area contributed by atoms with Crippen LogP contribution in [0.4, 0.5) is 11.4 Å². The number of fused-ring (bicyclic) bond motifs is 1. The molecule has 0 aliphatic carbocycles. The molecule has 2 amide bonds. The van der Waals surface area contributed by atoms with E-state index in [1.54, 1.807) is 0 Å². The van der Waals surface area contributed by atoms with E-state index in [4.69, 9.17) is 0 Å². The number of hydrogen-bond acceptors (Lipinski definition) is 3. The van der Waals surface area contributed by atoms with Crippen molar-refractivity contribution in [2.45, 2.75) is 0 Å². The Labute approximate surface area is 158 Å². The van der Waals surface area contributed by atoms with E-state index in [9.17, 15) is 9.59 Å². The first-order chi connectivity index (χ1) is 13.2. The van der Waals surface area contributed by atoms with Crippen molar-refractivity contribution in [3.8, 4) is 0 Å². The number of anilines is 2. The van der Waals surface area contributed by atoms with E-state index in [1.807, 2.05) is 47.4 Å². The van der Waals surface area contributed by atoms with Gasteiger partial charge in [-0.15, -0.1) is 0 Å². The van der Waals surface area contributed by atoms with Crippen molar-refractivity contribution >= 4 is 34.8 Å². The normalized spacial score (nSPS) is 17.6. The van der Waals surface area contributed by atoms with Gasteiger partial charge in [0.1, 0.15) is 0 Å². The van der Waals surface area contributed by atoms with E-state index in [1.165, 1.54) is 6.08 Å². The van der Waals surface area contributed by atoms with Gasteiger partial charge in [0.2, 0.25) is 5.91 Å². The Bertz CT molecular complexity index is 923. The van der Waals surface area contributed by atoms with E-state index in [2.05, 4.69) is 28.9 Å². The Morgan fingerprint density at radius 1 is 1.00 bits per heavy atom. The molecule has 2 aromatic rings. The Hall–Kier alpha value is -3.34. The molecular formula is C22H21N3O2. The third-order valence-corrected chi connectivity index (χ3v) is 5.05. The fourth-order valence-electron chi connectivity index (χ4n) is 3.54. The molecule has 136 valence electrons. The second-order valence-electron chi connectivity index (χ2n) is 6.67. The zero-order valence-corrected chi connectivity index (χ0v) is 15.0. The molecule has 4 rings (SSSR count). The lowest BCUT2D eigenvalue weighted by atomic mass is 10.0. The third-order valence-electron chi connectivity index (χ3n) is 5.05. The van der Waals surface area contributed by atoms with E-state index in [-0.39, 0.29) is 11.8 Å². The first kappa shape index (κ1) is 17.1. The van der Waals surface area contributed by atoms with E-state index in [0.717, 1.165) is 35.6 Å². The number of carbonyl (C=O) groups is 2. The molecule has 1 saturated heterocycles. The number of rotatable bonds is 3. The topological polar surface area (TPSA) is 52.7 Å². The summed E-state index contributed by atoms with van der Waals surface area (Å²) >= 11 is 0. The van der Waals surface area contributed by atoms with Crippen LogP contribution in [-0.4, -0.2) is 42.9 Å². The van der Waals surface area contributed by atoms with Gasteiger partial charge >= 0.3 is 0 Å². The van der Waals surface area contributed by atoms with Crippen molar-refractivity contribution in [1.29, 1.82) is 0 Å². The molecule has 2 heterocycles. The minimum Gasteiger partial charge on any atom is -0.368 e. The largest absolute Gasteiger partial charge is 0.368 e. The Morgan fingerprint density at radius 2 is 1.70 bits per heavy atom.